The number of carbonyl (C=O) groups is 5. The predicted molar refractivity (Wildman–Crippen MR) is 356 cm³/mol. The Bertz CT molecular complexity index is 3240. The van der Waals surface area contributed by atoms with Crippen LogP contribution in [0.1, 0.15) is 117 Å². The zero-order chi connectivity index (χ0) is 64.9. The topological polar surface area (TPSA) is 206 Å². The minimum atomic E-state index is -0.886. The summed E-state index contributed by atoms with van der Waals surface area (Å²) in [6.45, 7) is 23.0. The zero-order valence-electron chi connectivity index (χ0n) is 55.1. The number of rotatable bonds is 24. The van der Waals surface area contributed by atoms with E-state index in [0.29, 0.717) is 47.1 Å². The van der Waals surface area contributed by atoms with Crippen LogP contribution < -0.4 is 20.1 Å². The second-order valence-electron chi connectivity index (χ2n) is 27.3. The summed E-state index contributed by atoms with van der Waals surface area (Å²) < 4.78 is 17.4. The van der Waals surface area contributed by atoms with Crippen LogP contribution in [0.25, 0.3) is 10.4 Å². The zero-order valence-corrected chi connectivity index (χ0v) is 55.9. The Morgan fingerprint density at radius 1 is 0.750 bits per heavy atom. The van der Waals surface area contributed by atoms with Gasteiger partial charge in [-0.2, -0.15) is 0 Å². The highest BCUT2D eigenvalue weighted by molar-refractivity contribution is 7.13. The molecule has 2 aromatic heterocycles. The highest BCUT2D eigenvalue weighted by atomic mass is 32.1. The van der Waals surface area contributed by atoms with E-state index < -0.39 is 23.6 Å². The van der Waals surface area contributed by atoms with E-state index in [1.165, 1.54) is 4.90 Å². The van der Waals surface area contributed by atoms with Crippen LogP contribution in [-0.4, -0.2) is 223 Å². The Balaban J connectivity index is 0.584. The van der Waals surface area contributed by atoms with E-state index in [1.54, 1.807) is 59.7 Å². The number of piperidine rings is 3. The first-order chi connectivity index (χ1) is 44.3. The van der Waals surface area contributed by atoms with Gasteiger partial charge in [-0.25, -0.2) is 4.98 Å². The molecular formula is C71H97N11O9S. The number of amides is 5. The lowest BCUT2D eigenvalue weighted by atomic mass is 9.85. The summed E-state index contributed by atoms with van der Waals surface area (Å²) in [6, 6.07) is 24.5. The average molecular weight is 1280 g/mol. The molecule has 496 valence electrons. The molecule has 0 bridgehead atoms. The van der Waals surface area contributed by atoms with Crippen molar-refractivity contribution in [2.24, 2.45) is 17.3 Å². The number of thiazole rings is 1. The first-order valence-electron chi connectivity index (χ1n) is 33.3. The summed E-state index contributed by atoms with van der Waals surface area (Å²) >= 11 is 1.59. The minimum absolute atomic E-state index is 0.00958. The van der Waals surface area contributed by atoms with Gasteiger partial charge in [0.15, 0.2) is 6.61 Å². The van der Waals surface area contributed by atoms with Crippen LogP contribution >= 0.6 is 11.3 Å². The quantitative estimate of drug-likeness (QED) is 0.0541. The molecular weight excluding hydrogens is 1180 g/mol. The molecule has 5 saturated heterocycles. The molecule has 21 heteroatoms. The van der Waals surface area contributed by atoms with Gasteiger partial charge in [0.1, 0.15) is 29.3 Å². The van der Waals surface area contributed by atoms with E-state index in [4.69, 9.17) is 19.2 Å². The maximum Gasteiger partial charge on any atom is 0.260 e. The van der Waals surface area contributed by atoms with Crippen LogP contribution in [0.15, 0.2) is 96.6 Å². The van der Waals surface area contributed by atoms with Gasteiger partial charge in [0.25, 0.3) is 11.8 Å². The summed E-state index contributed by atoms with van der Waals surface area (Å²) in [6.07, 6.45) is 7.51. The number of carbonyl (C=O) groups excluding carboxylic acids is 5. The van der Waals surface area contributed by atoms with Crippen LogP contribution in [-0.2, 0) is 30.5 Å². The fraction of sp³-hybridized carbons (Fsp3) is 0.563. The number of ether oxygens (including phenoxy) is 3. The van der Waals surface area contributed by atoms with Crippen molar-refractivity contribution in [3.8, 4) is 27.7 Å². The Labute approximate surface area is 547 Å². The number of aliphatic hydroxyl groups excluding tert-OH is 1. The molecule has 5 aromatic rings. The standard InChI is InChI=1S/C71H97N11O9S/c1-49(54-11-13-56(14-12-54)66-50(2)73-48-92-66)74-68(86)63-41-58(83)45-82(63)70(88)67(71(3,4)5)75-64(84)46-80-35-33-79(34-36-80)44-51-20-27-78(28-21-51)43-52-22-31-81(32-23-52)65(85)47-90-59-15-17-60(18-16-59)91-61-10-8-9-57(40-61)69(87)76(6)42-53-19-26-72-62(39-53)55-24-29-77(30-25-55)37-38-89-7/h8-19,26,39-40,48-49,51-52,55,58,63,67,83H,20-25,27-38,41-47H2,1-7H3,(H,74,86)(H,75,84)/t49-,58+,63-,67+/m0/s1. The lowest BCUT2D eigenvalue weighted by molar-refractivity contribution is -0.144. The number of nitrogens with zero attached hydrogens (tertiary/aromatic N) is 9. The molecule has 7 heterocycles. The monoisotopic (exact) mass is 1280 g/mol. The molecule has 92 heavy (non-hydrogen) atoms. The number of hydrogen-bond acceptors (Lipinski definition) is 16. The van der Waals surface area contributed by atoms with Crippen LogP contribution in [0.3, 0.4) is 0 Å². The number of aryl methyl sites for hydroxylation is 1. The lowest BCUT2D eigenvalue weighted by Gasteiger charge is -2.40. The smallest absolute Gasteiger partial charge is 0.260 e. The maximum atomic E-state index is 14.3. The molecule has 10 rings (SSSR count). The Hall–Kier alpha value is -6.85. The second-order valence-corrected chi connectivity index (χ2v) is 28.1. The molecule has 5 aliphatic heterocycles. The van der Waals surface area contributed by atoms with Gasteiger partial charge in [-0.15, -0.1) is 11.3 Å². The van der Waals surface area contributed by atoms with Gasteiger partial charge in [0, 0.05) is 116 Å². The molecule has 0 unspecified atom stereocenters. The van der Waals surface area contributed by atoms with E-state index in [-0.39, 0.29) is 61.7 Å². The molecule has 5 aliphatic rings. The number of β-amino-alcohol motifs (C(OH)–C–C–N with tert-alkyl or cyclic N) is 1. The number of pyridine rings is 1. The number of benzene rings is 3. The molecule has 0 spiro atoms. The highest BCUT2D eigenvalue weighted by Crippen LogP contribution is 2.33. The van der Waals surface area contributed by atoms with Crippen LogP contribution in [0.2, 0.25) is 0 Å². The second kappa shape index (κ2) is 31.9. The van der Waals surface area contributed by atoms with Crippen molar-refractivity contribution < 1.29 is 43.3 Å². The summed E-state index contributed by atoms with van der Waals surface area (Å²) in [5, 5.41) is 16.9. The van der Waals surface area contributed by atoms with E-state index in [0.717, 1.165) is 163 Å². The van der Waals surface area contributed by atoms with Crippen molar-refractivity contribution in [1.29, 1.82) is 0 Å². The number of aromatic nitrogens is 2. The third-order valence-electron chi connectivity index (χ3n) is 19.3. The van der Waals surface area contributed by atoms with Crippen LogP contribution in [0.5, 0.6) is 17.2 Å². The molecule has 5 fully saturated rings. The first-order valence-corrected chi connectivity index (χ1v) is 34.2. The van der Waals surface area contributed by atoms with Gasteiger partial charge in [-0.1, -0.05) is 51.1 Å². The number of methoxy groups -OCH3 is 1. The molecule has 4 atom stereocenters. The predicted octanol–water partition coefficient (Wildman–Crippen LogP) is 7.72. The molecule has 20 nitrogen and oxygen atoms in total. The van der Waals surface area contributed by atoms with Gasteiger partial charge in [0.05, 0.1) is 41.4 Å². The number of aliphatic hydroxyl groups is 1. The lowest BCUT2D eigenvalue weighted by Crippen LogP contribution is -2.59. The van der Waals surface area contributed by atoms with Crippen molar-refractivity contribution in [1.82, 2.24) is 54.9 Å². The number of likely N-dealkylation sites (tertiary alicyclic amines) is 4. The molecule has 3 N–H and O–H groups in total. The van der Waals surface area contributed by atoms with Crippen LogP contribution in [0, 0.1) is 24.2 Å². The number of hydrogen-bond donors (Lipinski definition) is 3. The summed E-state index contributed by atoms with van der Waals surface area (Å²) in [5.74, 6) is 2.27. The fourth-order valence-electron chi connectivity index (χ4n) is 13.7. The van der Waals surface area contributed by atoms with Gasteiger partial charge >= 0.3 is 0 Å². The minimum Gasteiger partial charge on any atom is -0.484 e. The third-order valence-corrected chi connectivity index (χ3v) is 20.3. The number of piperazine rings is 1. The van der Waals surface area contributed by atoms with Crippen LogP contribution in [0.4, 0.5) is 0 Å². The van der Waals surface area contributed by atoms with Crippen molar-refractivity contribution in [2.45, 2.75) is 116 Å². The first kappa shape index (κ1) is 68.0. The van der Waals surface area contributed by atoms with E-state index in [9.17, 15) is 29.1 Å². The highest BCUT2D eigenvalue weighted by Gasteiger charge is 2.45. The van der Waals surface area contributed by atoms with Crippen molar-refractivity contribution in [3.05, 3.63) is 125 Å². The van der Waals surface area contributed by atoms with Gasteiger partial charge in [-0.3, -0.25) is 33.9 Å². The SMILES string of the molecule is COCCN1CCC(c2cc(CN(C)C(=O)c3cccc(Oc4ccc(OCC(=O)N5CCC(CN6CCC(CN7CCN(CC(=O)N[C@H](C(=O)N8C[C@H](O)C[C@H]8C(=O)N[C@@H](C)c8ccc(-c9scnc9C)cc8)C(C)(C)C)CC7)CC6)CC5)cc4)c3)ccn2)CC1. The summed E-state index contributed by atoms with van der Waals surface area (Å²) in [4.78, 5) is 93.8. The molecule has 0 radical (unpaired) electrons. The van der Waals surface area contributed by atoms with Crippen molar-refractivity contribution >= 4 is 40.9 Å². The van der Waals surface area contributed by atoms with Gasteiger partial charge in [0.2, 0.25) is 17.7 Å². The normalized spacial score (nSPS) is 20.2. The largest absolute Gasteiger partial charge is 0.484 e. The molecule has 3 aromatic carbocycles. The third kappa shape index (κ3) is 18.5. The van der Waals surface area contributed by atoms with E-state index in [1.807, 2.05) is 101 Å². The Kier molecular flexibility index (Phi) is 23.6. The molecule has 0 saturated carbocycles. The van der Waals surface area contributed by atoms with E-state index in [2.05, 4.69) is 41.3 Å². The maximum absolute atomic E-state index is 14.3. The average Bonchev–Trinajstić information content (AvgIpc) is 1.67. The van der Waals surface area contributed by atoms with Crippen molar-refractivity contribution in [2.75, 3.05) is 126 Å². The van der Waals surface area contributed by atoms with Gasteiger partial charge < -0.3 is 59.4 Å². The van der Waals surface area contributed by atoms with E-state index >= 15 is 0 Å². The Morgan fingerprint density at radius 2 is 1.40 bits per heavy atom. The summed E-state index contributed by atoms with van der Waals surface area (Å²) in [5.41, 5.74) is 6.82. The fourth-order valence-corrected chi connectivity index (χ4v) is 14.5. The summed E-state index contributed by atoms with van der Waals surface area (Å²) in [7, 11) is 3.56. The van der Waals surface area contributed by atoms with Crippen molar-refractivity contribution in [3.63, 3.8) is 0 Å². The molecule has 0 aliphatic carbocycles. The molecule has 5 amide bonds. The van der Waals surface area contributed by atoms with Gasteiger partial charge in [-0.05, 0) is 167 Å². The number of nitrogens with one attached hydrogen (secondary N) is 2. The Morgan fingerprint density at radius 3 is 2.07 bits per heavy atom.